The van der Waals surface area contributed by atoms with E-state index in [-0.39, 0.29) is 12.0 Å². The van der Waals surface area contributed by atoms with Crippen molar-refractivity contribution in [2.75, 3.05) is 13.1 Å². The third-order valence-corrected chi connectivity index (χ3v) is 3.78. The topological polar surface area (TPSA) is 86.0 Å². The normalized spacial score (nSPS) is 15.7. The number of ether oxygens (including phenoxy) is 1. The molecule has 0 aliphatic carbocycles. The van der Waals surface area contributed by atoms with Gasteiger partial charge in [0.1, 0.15) is 11.9 Å². The highest BCUT2D eigenvalue weighted by molar-refractivity contribution is 5.91. The zero-order chi connectivity index (χ0) is 16.4. The lowest BCUT2D eigenvalue weighted by molar-refractivity contribution is 0.0582. The molecule has 0 N–H and O–H groups in total. The predicted molar refractivity (Wildman–Crippen MR) is 82.1 cm³/mol. The molecule has 0 bridgehead atoms. The van der Waals surface area contributed by atoms with Crippen LogP contribution in [0.1, 0.15) is 34.8 Å². The number of carbonyl (C=O) groups excluding carboxylic acids is 1. The number of nitrogens with zero attached hydrogens (tertiary/aromatic N) is 6. The van der Waals surface area contributed by atoms with Gasteiger partial charge >= 0.3 is 0 Å². The van der Waals surface area contributed by atoms with Gasteiger partial charge in [-0.3, -0.25) is 9.48 Å². The number of piperidine rings is 1. The standard InChI is InChI=1S/C15H20N6O2/c1-10-8-14(17-11(2)16-10)23-12-4-6-21(7-5-12)15(22)13-9-20(3)19-18-13/h8-9,12H,4-7H2,1-3H3. The lowest BCUT2D eigenvalue weighted by atomic mass is 10.1. The van der Waals surface area contributed by atoms with Gasteiger partial charge in [-0.25, -0.2) is 4.98 Å². The third-order valence-electron chi connectivity index (χ3n) is 3.78. The SMILES string of the molecule is Cc1cc(OC2CCN(C(=O)c3cn(C)nn3)CC2)nc(C)n1. The minimum atomic E-state index is -0.0784. The maximum Gasteiger partial charge on any atom is 0.276 e. The Balaban J connectivity index is 1.57. The van der Waals surface area contributed by atoms with Crippen LogP contribution in [0.15, 0.2) is 12.3 Å². The summed E-state index contributed by atoms with van der Waals surface area (Å²) in [6.45, 7) is 5.05. The van der Waals surface area contributed by atoms with Crippen molar-refractivity contribution in [1.82, 2.24) is 29.9 Å². The summed E-state index contributed by atoms with van der Waals surface area (Å²) >= 11 is 0. The van der Waals surface area contributed by atoms with Crippen molar-refractivity contribution in [3.8, 4) is 5.88 Å². The van der Waals surface area contributed by atoms with Crippen LogP contribution in [0.5, 0.6) is 5.88 Å². The molecule has 1 aliphatic rings. The Morgan fingerprint density at radius 1 is 1.26 bits per heavy atom. The molecule has 0 unspecified atom stereocenters. The number of hydrogen-bond donors (Lipinski definition) is 0. The third kappa shape index (κ3) is 3.64. The second kappa shape index (κ2) is 6.31. The number of rotatable bonds is 3. The molecule has 2 aromatic rings. The largest absolute Gasteiger partial charge is 0.474 e. The van der Waals surface area contributed by atoms with E-state index in [1.807, 2.05) is 19.9 Å². The summed E-state index contributed by atoms with van der Waals surface area (Å²) in [5.74, 6) is 1.23. The molecule has 8 nitrogen and oxygen atoms in total. The van der Waals surface area contributed by atoms with Crippen LogP contribution in [0, 0.1) is 13.8 Å². The van der Waals surface area contributed by atoms with Gasteiger partial charge in [-0.15, -0.1) is 5.10 Å². The number of hydrogen-bond acceptors (Lipinski definition) is 6. The van der Waals surface area contributed by atoms with Crippen LogP contribution in [0.3, 0.4) is 0 Å². The summed E-state index contributed by atoms with van der Waals surface area (Å²) in [5, 5.41) is 7.67. The van der Waals surface area contributed by atoms with E-state index in [0.717, 1.165) is 18.5 Å². The first-order valence-electron chi connectivity index (χ1n) is 7.66. The molecule has 0 radical (unpaired) electrons. The predicted octanol–water partition coefficient (Wildman–Crippen LogP) is 0.906. The maximum atomic E-state index is 12.3. The molecule has 1 amide bonds. The van der Waals surface area contributed by atoms with Crippen molar-refractivity contribution in [3.63, 3.8) is 0 Å². The first kappa shape index (κ1) is 15.4. The first-order valence-corrected chi connectivity index (χ1v) is 7.66. The Morgan fingerprint density at radius 3 is 2.61 bits per heavy atom. The average molecular weight is 316 g/mol. The van der Waals surface area contributed by atoms with E-state index in [1.54, 1.807) is 18.1 Å². The van der Waals surface area contributed by atoms with Crippen molar-refractivity contribution < 1.29 is 9.53 Å². The summed E-state index contributed by atoms with van der Waals surface area (Å²) in [5.41, 5.74) is 1.27. The van der Waals surface area contributed by atoms with Gasteiger partial charge in [0, 0.05) is 44.7 Å². The summed E-state index contributed by atoms with van der Waals surface area (Å²) in [7, 11) is 1.75. The molecule has 1 aliphatic heterocycles. The fourth-order valence-electron chi connectivity index (χ4n) is 2.70. The Kier molecular flexibility index (Phi) is 4.22. The maximum absolute atomic E-state index is 12.3. The second-order valence-electron chi connectivity index (χ2n) is 5.78. The zero-order valence-electron chi connectivity index (χ0n) is 13.6. The molecule has 2 aromatic heterocycles. The lowest BCUT2D eigenvalue weighted by Crippen LogP contribution is -2.42. The minimum Gasteiger partial charge on any atom is -0.474 e. The van der Waals surface area contributed by atoms with E-state index in [9.17, 15) is 4.79 Å². The minimum absolute atomic E-state index is 0.0645. The molecule has 8 heteroatoms. The van der Waals surface area contributed by atoms with Crippen LogP contribution < -0.4 is 4.74 Å². The van der Waals surface area contributed by atoms with Gasteiger partial charge in [-0.1, -0.05) is 5.21 Å². The van der Waals surface area contributed by atoms with Gasteiger partial charge in [0.15, 0.2) is 5.69 Å². The number of aromatic nitrogens is 5. The molecule has 0 atom stereocenters. The van der Waals surface area contributed by atoms with Gasteiger partial charge in [0.25, 0.3) is 5.91 Å². The van der Waals surface area contributed by atoms with Gasteiger partial charge in [-0.2, -0.15) is 4.98 Å². The van der Waals surface area contributed by atoms with Crippen LogP contribution in [0.2, 0.25) is 0 Å². The molecule has 23 heavy (non-hydrogen) atoms. The average Bonchev–Trinajstić information content (AvgIpc) is 2.93. The highest BCUT2D eigenvalue weighted by atomic mass is 16.5. The van der Waals surface area contributed by atoms with E-state index in [1.165, 1.54) is 4.68 Å². The summed E-state index contributed by atoms with van der Waals surface area (Å²) in [6, 6.07) is 1.84. The summed E-state index contributed by atoms with van der Waals surface area (Å²) < 4.78 is 7.46. The molecule has 1 fully saturated rings. The number of amides is 1. The van der Waals surface area contributed by atoms with Crippen LogP contribution in [-0.2, 0) is 7.05 Å². The molecule has 0 spiro atoms. The number of likely N-dealkylation sites (tertiary alicyclic amines) is 1. The highest BCUT2D eigenvalue weighted by Gasteiger charge is 2.26. The molecule has 0 saturated carbocycles. The fraction of sp³-hybridized carbons (Fsp3) is 0.533. The van der Waals surface area contributed by atoms with Crippen molar-refractivity contribution in [3.05, 3.63) is 29.5 Å². The van der Waals surface area contributed by atoms with Crippen LogP contribution in [0.25, 0.3) is 0 Å². The Labute approximate surface area is 134 Å². The molecule has 0 aromatic carbocycles. The molecular weight excluding hydrogens is 296 g/mol. The van der Waals surface area contributed by atoms with E-state index >= 15 is 0 Å². The van der Waals surface area contributed by atoms with E-state index in [0.29, 0.717) is 30.5 Å². The summed E-state index contributed by atoms with van der Waals surface area (Å²) in [4.78, 5) is 22.6. The molecular formula is C15H20N6O2. The molecule has 3 rings (SSSR count). The summed E-state index contributed by atoms with van der Waals surface area (Å²) in [6.07, 6.45) is 3.24. The van der Waals surface area contributed by atoms with Crippen molar-refractivity contribution in [2.45, 2.75) is 32.8 Å². The number of aryl methyl sites for hydroxylation is 3. The molecule has 3 heterocycles. The zero-order valence-corrected chi connectivity index (χ0v) is 13.6. The quantitative estimate of drug-likeness (QED) is 0.836. The lowest BCUT2D eigenvalue weighted by Gasteiger charge is -2.31. The van der Waals surface area contributed by atoms with E-state index < -0.39 is 0 Å². The van der Waals surface area contributed by atoms with E-state index in [2.05, 4.69) is 20.3 Å². The highest BCUT2D eigenvalue weighted by Crippen LogP contribution is 2.19. The van der Waals surface area contributed by atoms with Crippen LogP contribution in [-0.4, -0.2) is 55.0 Å². The number of carbonyl (C=O) groups is 1. The fourth-order valence-corrected chi connectivity index (χ4v) is 2.70. The van der Waals surface area contributed by atoms with Crippen molar-refractivity contribution in [1.29, 1.82) is 0 Å². The Hall–Kier alpha value is -2.51. The van der Waals surface area contributed by atoms with Gasteiger partial charge < -0.3 is 9.64 Å². The molecule has 1 saturated heterocycles. The van der Waals surface area contributed by atoms with Crippen LogP contribution in [0.4, 0.5) is 0 Å². The van der Waals surface area contributed by atoms with Gasteiger partial charge in [0.05, 0.1) is 6.20 Å². The Bertz CT molecular complexity index is 685. The first-order chi connectivity index (χ1) is 11.0. The van der Waals surface area contributed by atoms with Crippen LogP contribution >= 0.6 is 0 Å². The Morgan fingerprint density at radius 2 is 2.00 bits per heavy atom. The van der Waals surface area contributed by atoms with E-state index in [4.69, 9.17) is 4.74 Å². The van der Waals surface area contributed by atoms with Crippen molar-refractivity contribution in [2.24, 2.45) is 7.05 Å². The van der Waals surface area contributed by atoms with Gasteiger partial charge in [0.2, 0.25) is 5.88 Å². The van der Waals surface area contributed by atoms with Gasteiger partial charge in [-0.05, 0) is 13.8 Å². The van der Waals surface area contributed by atoms with Crippen molar-refractivity contribution >= 4 is 5.91 Å². The second-order valence-corrected chi connectivity index (χ2v) is 5.78. The monoisotopic (exact) mass is 316 g/mol. The molecule has 122 valence electrons. The smallest absolute Gasteiger partial charge is 0.276 e.